The second-order valence-corrected chi connectivity index (χ2v) is 7.77. The minimum Gasteiger partial charge on any atom is -0.468 e. The summed E-state index contributed by atoms with van der Waals surface area (Å²) in [5.41, 5.74) is 5.85. The van der Waals surface area contributed by atoms with Crippen LogP contribution >= 0.6 is 0 Å². The lowest BCUT2D eigenvalue weighted by molar-refractivity contribution is 0.140. The molecule has 144 valence electrons. The first kappa shape index (κ1) is 17.9. The molecule has 3 aromatic carbocycles. The largest absolute Gasteiger partial charge is 0.468 e. The van der Waals surface area contributed by atoms with Gasteiger partial charge in [0.1, 0.15) is 6.10 Å². The van der Waals surface area contributed by atoms with E-state index < -0.39 is 0 Å². The number of rotatable bonds is 3. The Balaban J connectivity index is 1.57. The van der Waals surface area contributed by atoms with Gasteiger partial charge in [0.2, 0.25) is 5.88 Å². The molecule has 1 aliphatic heterocycles. The van der Waals surface area contributed by atoms with E-state index in [1.54, 1.807) is 0 Å². The summed E-state index contributed by atoms with van der Waals surface area (Å²) in [6, 6.07) is 29.7. The van der Waals surface area contributed by atoms with E-state index in [-0.39, 0.29) is 6.10 Å². The van der Waals surface area contributed by atoms with Crippen molar-refractivity contribution in [2.45, 2.75) is 26.1 Å². The van der Waals surface area contributed by atoms with E-state index in [9.17, 15) is 0 Å². The van der Waals surface area contributed by atoms with Crippen LogP contribution in [0.25, 0.3) is 10.9 Å². The van der Waals surface area contributed by atoms with E-state index >= 15 is 0 Å². The fourth-order valence-corrected chi connectivity index (χ4v) is 4.10. The zero-order valence-electron chi connectivity index (χ0n) is 16.6. The van der Waals surface area contributed by atoms with Crippen LogP contribution < -0.4 is 4.74 Å². The lowest BCUT2D eigenvalue weighted by atomic mass is 10.1. The summed E-state index contributed by atoms with van der Waals surface area (Å²) in [7, 11) is 0. The molecule has 0 bridgehead atoms. The van der Waals surface area contributed by atoms with Crippen molar-refractivity contribution in [1.82, 2.24) is 9.88 Å². The molecule has 0 N–H and O–H groups in total. The summed E-state index contributed by atoms with van der Waals surface area (Å²) in [4.78, 5) is 7.40. The number of hydrogen-bond acceptors (Lipinski definition) is 3. The van der Waals surface area contributed by atoms with Crippen molar-refractivity contribution in [1.29, 1.82) is 0 Å². The third-order valence-corrected chi connectivity index (χ3v) is 5.58. The van der Waals surface area contributed by atoms with Crippen molar-refractivity contribution in [2.24, 2.45) is 0 Å². The standard InChI is InChI=1S/C26H24N2O/c1-19-9-8-14-22-15-23-17-28(16-20-10-4-2-5-11-20)18-24(21-12-6-3-7-13-21)29-26(23)27-25(19)22/h2-15,24H,16-18H2,1H3/t24-/m1/s1. The lowest BCUT2D eigenvalue weighted by Crippen LogP contribution is -2.27. The van der Waals surface area contributed by atoms with Crippen LogP contribution in [0.15, 0.2) is 84.9 Å². The van der Waals surface area contributed by atoms with Gasteiger partial charge in [0.05, 0.1) is 5.52 Å². The lowest BCUT2D eigenvalue weighted by Gasteiger charge is -2.24. The van der Waals surface area contributed by atoms with Crippen molar-refractivity contribution in [3.05, 3.63) is 107 Å². The second-order valence-electron chi connectivity index (χ2n) is 7.77. The molecule has 0 aliphatic carbocycles. The molecule has 0 fully saturated rings. The second kappa shape index (κ2) is 7.69. The quantitative estimate of drug-likeness (QED) is 0.457. The summed E-state index contributed by atoms with van der Waals surface area (Å²) in [6.45, 7) is 4.64. The molecule has 29 heavy (non-hydrogen) atoms. The Labute approximate surface area is 171 Å². The normalized spacial score (nSPS) is 16.8. The Bertz CT molecular complexity index is 1130. The molecule has 1 aromatic heterocycles. The van der Waals surface area contributed by atoms with Crippen molar-refractivity contribution in [3.63, 3.8) is 0 Å². The molecule has 0 saturated carbocycles. The number of aromatic nitrogens is 1. The van der Waals surface area contributed by atoms with Gasteiger partial charge in [0, 0.05) is 30.6 Å². The van der Waals surface area contributed by atoms with Crippen LogP contribution in [0.5, 0.6) is 5.88 Å². The van der Waals surface area contributed by atoms with Crippen LogP contribution in [0, 0.1) is 6.92 Å². The molecule has 0 amide bonds. The minimum atomic E-state index is -0.0462. The molecule has 3 heteroatoms. The Hall–Kier alpha value is -3.17. The van der Waals surface area contributed by atoms with Crippen LogP contribution in [0.1, 0.15) is 28.4 Å². The molecule has 2 heterocycles. The maximum atomic E-state index is 6.52. The van der Waals surface area contributed by atoms with Crippen molar-refractivity contribution < 1.29 is 4.74 Å². The zero-order valence-corrected chi connectivity index (χ0v) is 16.6. The van der Waals surface area contributed by atoms with E-state index in [0.29, 0.717) is 0 Å². The van der Waals surface area contributed by atoms with Gasteiger partial charge in [-0.05, 0) is 29.7 Å². The van der Waals surface area contributed by atoms with E-state index in [0.717, 1.165) is 36.6 Å². The molecule has 0 radical (unpaired) electrons. The molecule has 4 aromatic rings. The molecular weight excluding hydrogens is 356 g/mol. The molecule has 3 nitrogen and oxygen atoms in total. The van der Waals surface area contributed by atoms with Crippen LogP contribution in [-0.2, 0) is 13.1 Å². The summed E-state index contributed by atoms with van der Waals surface area (Å²) in [6.07, 6.45) is -0.0462. The topological polar surface area (TPSA) is 25.4 Å². The highest BCUT2D eigenvalue weighted by atomic mass is 16.5. The number of benzene rings is 3. The van der Waals surface area contributed by atoms with Gasteiger partial charge >= 0.3 is 0 Å². The van der Waals surface area contributed by atoms with E-state index in [1.807, 2.05) is 6.07 Å². The van der Waals surface area contributed by atoms with Gasteiger partial charge in [0.25, 0.3) is 0 Å². The molecule has 0 spiro atoms. The van der Waals surface area contributed by atoms with Crippen LogP contribution in [0.2, 0.25) is 0 Å². The third-order valence-electron chi connectivity index (χ3n) is 5.58. The van der Waals surface area contributed by atoms with Gasteiger partial charge in [-0.2, -0.15) is 0 Å². The Kier molecular flexibility index (Phi) is 4.74. The van der Waals surface area contributed by atoms with Gasteiger partial charge in [-0.15, -0.1) is 0 Å². The molecule has 0 saturated heterocycles. The highest BCUT2D eigenvalue weighted by Crippen LogP contribution is 2.33. The van der Waals surface area contributed by atoms with Crippen molar-refractivity contribution in [3.8, 4) is 5.88 Å². The third kappa shape index (κ3) is 3.74. The molecule has 1 atom stereocenters. The average Bonchev–Trinajstić information content (AvgIpc) is 2.93. The molecule has 0 unspecified atom stereocenters. The number of para-hydroxylation sites is 1. The number of nitrogens with zero attached hydrogens (tertiary/aromatic N) is 2. The predicted molar refractivity (Wildman–Crippen MR) is 117 cm³/mol. The summed E-state index contributed by atoms with van der Waals surface area (Å²) < 4.78 is 6.52. The first-order valence-corrected chi connectivity index (χ1v) is 10.1. The molecule has 1 aliphatic rings. The van der Waals surface area contributed by atoms with Gasteiger partial charge in [-0.1, -0.05) is 78.9 Å². The summed E-state index contributed by atoms with van der Waals surface area (Å²) >= 11 is 0. The Morgan fingerprint density at radius 2 is 1.69 bits per heavy atom. The molecular formula is C26H24N2O. The number of hydrogen-bond donors (Lipinski definition) is 0. The Morgan fingerprint density at radius 3 is 2.48 bits per heavy atom. The van der Waals surface area contributed by atoms with Crippen LogP contribution in [0.4, 0.5) is 0 Å². The fourth-order valence-electron chi connectivity index (χ4n) is 4.10. The highest BCUT2D eigenvalue weighted by Gasteiger charge is 2.26. The SMILES string of the molecule is Cc1cccc2cc3c(nc12)O[C@@H](c1ccccc1)CN(Cc1ccccc1)C3. The number of fused-ring (bicyclic) bond motifs is 2. The minimum absolute atomic E-state index is 0.0462. The first-order valence-electron chi connectivity index (χ1n) is 10.1. The van der Waals surface area contributed by atoms with Crippen LogP contribution in [0.3, 0.4) is 0 Å². The van der Waals surface area contributed by atoms with Gasteiger partial charge in [-0.25, -0.2) is 4.98 Å². The van der Waals surface area contributed by atoms with Crippen molar-refractivity contribution in [2.75, 3.05) is 6.54 Å². The fraction of sp³-hybridized carbons (Fsp3) is 0.192. The maximum Gasteiger partial charge on any atom is 0.219 e. The summed E-state index contributed by atoms with van der Waals surface area (Å²) in [5, 5.41) is 1.17. The number of pyridine rings is 1. The van der Waals surface area contributed by atoms with Gasteiger partial charge < -0.3 is 4.74 Å². The van der Waals surface area contributed by atoms with Gasteiger partial charge in [0.15, 0.2) is 0 Å². The van der Waals surface area contributed by atoms with E-state index in [4.69, 9.17) is 9.72 Å². The van der Waals surface area contributed by atoms with Crippen LogP contribution in [-0.4, -0.2) is 16.4 Å². The predicted octanol–water partition coefficient (Wildman–Crippen LogP) is 5.68. The summed E-state index contributed by atoms with van der Waals surface area (Å²) in [5.74, 6) is 0.760. The monoisotopic (exact) mass is 380 g/mol. The first-order chi connectivity index (χ1) is 14.3. The smallest absolute Gasteiger partial charge is 0.219 e. The number of ether oxygens (including phenoxy) is 1. The Morgan fingerprint density at radius 1 is 0.931 bits per heavy atom. The van der Waals surface area contributed by atoms with Gasteiger partial charge in [-0.3, -0.25) is 4.90 Å². The average molecular weight is 380 g/mol. The van der Waals surface area contributed by atoms with Crippen molar-refractivity contribution >= 4 is 10.9 Å². The van der Waals surface area contributed by atoms with E-state index in [2.05, 4.69) is 90.7 Å². The van der Waals surface area contributed by atoms with E-state index in [1.165, 1.54) is 22.1 Å². The highest BCUT2D eigenvalue weighted by molar-refractivity contribution is 5.83. The number of aryl methyl sites for hydroxylation is 1. The zero-order chi connectivity index (χ0) is 19.6. The maximum absolute atomic E-state index is 6.52. The molecule has 5 rings (SSSR count).